The molecule has 4 heteroatoms. The van der Waals surface area contributed by atoms with Crippen molar-refractivity contribution in [3.05, 3.63) is 231 Å². The van der Waals surface area contributed by atoms with E-state index in [1.807, 2.05) is 18.3 Å². The van der Waals surface area contributed by atoms with Gasteiger partial charge in [-0.1, -0.05) is 206 Å². The fourth-order valence-electron chi connectivity index (χ4n) is 8.54. The highest BCUT2D eigenvalue weighted by atomic mass is 15.2. The van der Waals surface area contributed by atoms with E-state index in [9.17, 15) is 0 Å². The maximum Gasteiger partial charge on any atom is 0.160 e. The SMILES string of the molecule is c1ccc(-c2ccc(-c3cc(-c4ccccc4)nc(-c4cccc(-c5cccc(-c6c(-c7ccccc7)n7ncc(-c8ccccc8)c7c7ccccc67)c5)c4)n3)cc2)cc1. The number of hydrogen-bond acceptors (Lipinski definition) is 3. The van der Waals surface area contributed by atoms with Crippen molar-refractivity contribution in [3.63, 3.8) is 0 Å². The Kier molecular flexibility index (Phi) is 9.14. The summed E-state index contributed by atoms with van der Waals surface area (Å²) in [5, 5.41) is 7.44. The van der Waals surface area contributed by atoms with Crippen molar-refractivity contribution >= 4 is 16.3 Å². The van der Waals surface area contributed by atoms with Crippen molar-refractivity contribution < 1.29 is 0 Å². The largest absolute Gasteiger partial charge is 0.231 e. The highest BCUT2D eigenvalue weighted by Gasteiger charge is 2.22. The number of nitrogens with zero attached hydrogens (tertiary/aromatic N) is 4. The minimum atomic E-state index is 0.678. The lowest BCUT2D eigenvalue weighted by atomic mass is 9.90. The first-order valence-corrected chi connectivity index (χ1v) is 20.6. The maximum atomic E-state index is 5.21. The average molecular weight is 779 g/mol. The summed E-state index contributed by atoms with van der Waals surface area (Å²) in [6.45, 7) is 0. The second kappa shape index (κ2) is 15.5. The third-order valence-corrected chi connectivity index (χ3v) is 11.5. The van der Waals surface area contributed by atoms with Gasteiger partial charge in [0.25, 0.3) is 0 Å². The van der Waals surface area contributed by atoms with Gasteiger partial charge in [0.1, 0.15) is 0 Å². The highest BCUT2D eigenvalue weighted by Crippen LogP contribution is 2.43. The van der Waals surface area contributed by atoms with Crippen LogP contribution in [0.1, 0.15) is 0 Å². The van der Waals surface area contributed by atoms with E-state index in [2.05, 4.69) is 217 Å². The highest BCUT2D eigenvalue weighted by molar-refractivity contribution is 6.13. The van der Waals surface area contributed by atoms with Crippen molar-refractivity contribution in [2.24, 2.45) is 0 Å². The summed E-state index contributed by atoms with van der Waals surface area (Å²) in [6, 6.07) is 78.9. The van der Waals surface area contributed by atoms with Crippen molar-refractivity contribution in [2.45, 2.75) is 0 Å². The van der Waals surface area contributed by atoms with Gasteiger partial charge < -0.3 is 0 Å². The van der Waals surface area contributed by atoms with E-state index in [0.717, 1.165) is 83.6 Å². The van der Waals surface area contributed by atoms with E-state index < -0.39 is 0 Å². The van der Waals surface area contributed by atoms with Gasteiger partial charge in [-0.25, -0.2) is 14.5 Å². The molecule has 286 valence electrons. The molecule has 0 fully saturated rings. The van der Waals surface area contributed by atoms with Crippen molar-refractivity contribution in [2.75, 3.05) is 0 Å². The molecule has 0 saturated carbocycles. The predicted octanol–water partition coefficient (Wildman–Crippen LogP) is 14.6. The van der Waals surface area contributed by atoms with Crippen LogP contribution in [0.5, 0.6) is 0 Å². The molecule has 3 aromatic heterocycles. The lowest BCUT2D eigenvalue weighted by Gasteiger charge is -2.18. The van der Waals surface area contributed by atoms with Crippen LogP contribution in [0.3, 0.4) is 0 Å². The molecule has 0 spiro atoms. The monoisotopic (exact) mass is 778 g/mol. The van der Waals surface area contributed by atoms with Crippen molar-refractivity contribution in [3.8, 4) is 89.7 Å². The van der Waals surface area contributed by atoms with Gasteiger partial charge in [0.2, 0.25) is 0 Å². The Hall–Kier alpha value is -8.21. The Morgan fingerprint density at radius 1 is 0.311 bits per heavy atom. The van der Waals surface area contributed by atoms with Gasteiger partial charge >= 0.3 is 0 Å². The van der Waals surface area contributed by atoms with Gasteiger partial charge in [0, 0.05) is 38.8 Å². The minimum absolute atomic E-state index is 0.678. The molecule has 4 nitrogen and oxygen atoms in total. The van der Waals surface area contributed by atoms with Gasteiger partial charge in [-0.05, 0) is 57.0 Å². The van der Waals surface area contributed by atoms with Gasteiger partial charge in [-0.2, -0.15) is 5.10 Å². The van der Waals surface area contributed by atoms with Crippen LogP contribution in [0.15, 0.2) is 231 Å². The molecule has 0 aliphatic rings. The van der Waals surface area contributed by atoms with E-state index in [4.69, 9.17) is 15.1 Å². The van der Waals surface area contributed by atoms with Crippen LogP contribution in [0.4, 0.5) is 0 Å². The summed E-state index contributed by atoms with van der Waals surface area (Å²) in [5.41, 5.74) is 17.1. The number of hydrogen-bond donors (Lipinski definition) is 0. The Morgan fingerprint density at radius 3 is 1.39 bits per heavy atom. The van der Waals surface area contributed by atoms with Crippen molar-refractivity contribution in [1.29, 1.82) is 0 Å². The van der Waals surface area contributed by atoms with Crippen LogP contribution in [-0.4, -0.2) is 19.6 Å². The number of benzene rings is 8. The quantitative estimate of drug-likeness (QED) is 0.154. The first-order chi connectivity index (χ1) is 30.2. The van der Waals surface area contributed by atoms with Gasteiger partial charge in [-0.3, -0.25) is 0 Å². The maximum absolute atomic E-state index is 5.21. The second-order valence-corrected chi connectivity index (χ2v) is 15.3. The van der Waals surface area contributed by atoms with Crippen molar-refractivity contribution in [1.82, 2.24) is 19.6 Å². The van der Waals surface area contributed by atoms with E-state index in [-0.39, 0.29) is 0 Å². The fourth-order valence-corrected chi connectivity index (χ4v) is 8.54. The summed E-state index contributed by atoms with van der Waals surface area (Å²) in [5.74, 6) is 0.678. The van der Waals surface area contributed by atoms with Crippen LogP contribution in [0, 0.1) is 0 Å². The predicted molar refractivity (Wildman–Crippen MR) is 252 cm³/mol. The molecule has 0 aliphatic carbocycles. The molecule has 0 unspecified atom stereocenters. The first kappa shape index (κ1) is 35.9. The molecule has 3 heterocycles. The zero-order chi connectivity index (χ0) is 40.5. The van der Waals surface area contributed by atoms with E-state index in [1.54, 1.807) is 0 Å². The van der Waals surface area contributed by atoms with Crippen LogP contribution in [0.2, 0.25) is 0 Å². The summed E-state index contributed by atoms with van der Waals surface area (Å²) >= 11 is 0. The van der Waals surface area contributed by atoms with E-state index in [0.29, 0.717) is 5.82 Å². The molecule has 0 atom stereocenters. The minimum Gasteiger partial charge on any atom is -0.231 e. The lowest BCUT2D eigenvalue weighted by Crippen LogP contribution is -2.00. The number of rotatable bonds is 8. The Morgan fingerprint density at radius 2 is 0.754 bits per heavy atom. The molecule has 11 aromatic rings. The molecule has 0 N–H and O–H groups in total. The van der Waals surface area contributed by atoms with Gasteiger partial charge in [0.05, 0.1) is 28.8 Å². The van der Waals surface area contributed by atoms with Crippen LogP contribution in [-0.2, 0) is 0 Å². The fraction of sp³-hybridized carbons (Fsp3) is 0. The molecule has 11 rings (SSSR count). The molecule has 0 aliphatic heterocycles. The summed E-state index contributed by atoms with van der Waals surface area (Å²) < 4.78 is 2.15. The Bertz CT molecular complexity index is 3320. The molecule has 8 aromatic carbocycles. The molecular weight excluding hydrogens is 741 g/mol. The number of fused-ring (bicyclic) bond motifs is 3. The first-order valence-electron chi connectivity index (χ1n) is 20.6. The normalized spacial score (nSPS) is 11.3. The molecule has 61 heavy (non-hydrogen) atoms. The summed E-state index contributed by atoms with van der Waals surface area (Å²) in [7, 11) is 0. The number of pyridine rings is 1. The average Bonchev–Trinajstić information content (AvgIpc) is 3.80. The molecule has 0 saturated heterocycles. The summed E-state index contributed by atoms with van der Waals surface area (Å²) in [6.07, 6.45) is 2.01. The number of aromatic nitrogens is 4. The Labute approximate surface area is 354 Å². The van der Waals surface area contributed by atoms with Gasteiger partial charge in [0.15, 0.2) is 5.82 Å². The molecular formula is C57H38N4. The smallest absolute Gasteiger partial charge is 0.160 e. The van der Waals surface area contributed by atoms with E-state index in [1.165, 1.54) is 16.5 Å². The van der Waals surface area contributed by atoms with Crippen LogP contribution < -0.4 is 0 Å². The van der Waals surface area contributed by atoms with Crippen LogP contribution in [0.25, 0.3) is 106 Å². The summed E-state index contributed by atoms with van der Waals surface area (Å²) in [4.78, 5) is 10.4. The van der Waals surface area contributed by atoms with Gasteiger partial charge in [-0.15, -0.1) is 0 Å². The molecule has 0 radical (unpaired) electrons. The molecule has 0 bridgehead atoms. The lowest BCUT2D eigenvalue weighted by molar-refractivity contribution is 0.976. The standard InChI is InChI=1S/C57H38N4/c1-5-17-39(18-6-1)40-31-33-43(34-32-40)53-37-52(42-21-9-3-10-22-42)59-57(60-53)48-28-16-26-46(36-48)45-25-15-27-47(35-45)54-49-29-13-14-30-50(49)56-51(41-19-7-2-8-20-41)38-58-61(56)55(54)44-23-11-4-12-24-44/h1-38H. The zero-order valence-corrected chi connectivity index (χ0v) is 33.2. The topological polar surface area (TPSA) is 43.1 Å². The zero-order valence-electron chi connectivity index (χ0n) is 33.2. The second-order valence-electron chi connectivity index (χ2n) is 15.3. The third-order valence-electron chi connectivity index (χ3n) is 11.5. The van der Waals surface area contributed by atoms with Crippen LogP contribution >= 0.6 is 0 Å². The Balaban J connectivity index is 1.04. The third kappa shape index (κ3) is 6.76. The van der Waals surface area contributed by atoms with E-state index >= 15 is 0 Å². The molecule has 0 amide bonds.